The fraction of sp³-hybridized carbons (Fsp3) is 0.121. The van der Waals surface area contributed by atoms with E-state index in [4.69, 9.17) is 0 Å². The number of pyridine rings is 1. The molecule has 35 heavy (non-hydrogen) atoms. The molecule has 1 aromatic heterocycles. The van der Waals surface area contributed by atoms with Crippen molar-refractivity contribution in [2.24, 2.45) is 0 Å². The fourth-order valence-electron chi connectivity index (χ4n) is 7.23. The molecule has 2 aliphatic heterocycles. The Balaban J connectivity index is 1.36. The highest BCUT2D eigenvalue weighted by Crippen LogP contribution is 2.56. The van der Waals surface area contributed by atoms with Crippen LogP contribution < -0.4 is 4.90 Å². The van der Waals surface area contributed by atoms with E-state index in [1.54, 1.807) is 0 Å². The zero-order valence-electron chi connectivity index (χ0n) is 19.3. The molecule has 164 valence electrons. The minimum absolute atomic E-state index is 0.978. The molecule has 0 fully saturated rings. The van der Waals surface area contributed by atoms with Crippen LogP contribution in [0.5, 0.6) is 0 Å². The molecule has 3 heterocycles. The highest BCUT2D eigenvalue weighted by molar-refractivity contribution is 5.98. The molecule has 0 amide bonds. The highest BCUT2D eigenvalue weighted by Gasteiger charge is 2.37. The second kappa shape index (κ2) is 6.28. The third kappa shape index (κ3) is 2.23. The first-order valence-corrected chi connectivity index (χ1v) is 12.6. The smallest absolute Gasteiger partial charge is 0.0680 e. The van der Waals surface area contributed by atoms with Gasteiger partial charge < -0.3 is 4.90 Å². The third-order valence-corrected chi connectivity index (χ3v) is 8.60. The normalized spacial score (nSPS) is 14.9. The van der Waals surface area contributed by atoms with E-state index in [9.17, 15) is 0 Å². The molecule has 4 aromatic carbocycles. The SMILES string of the molecule is c1ccc2c(c1)Cc1c-2ccc2c1-c1c(cc3c4c1Cc1ccccc1N4c1cnccc1C3)C2. The van der Waals surface area contributed by atoms with Crippen LogP contribution in [0.25, 0.3) is 22.3 Å². The van der Waals surface area contributed by atoms with Crippen LogP contribution in [0.15, 0.2) is 85.2 Å². The van der Waals surface area contributed by atoms with E-state index < -0.39 is 0 Å². The van der Waals surface area contributed by atoms with E-state index in [2.05, 4.69) is 88.9 Å². The maximum atomic E-state index is 4.53. The number of nitrogens with zero attached hydrogens (tertiary/aromatic N) is 2. The Morgan fingerprint density at radius 2 is 1.31 bits per heavy atom. The first-order valence-electron chi connectivity index (χ1n) is 12.6. The Morgan fingerprint density at radius 3 is 2.29 bits per heavy atom. The summed E-state index contributed by atoms with van der Waals surface area (Å²) >= 11 is 0. The predicted molar refractivity (Wildman–Crippen MR) is 141 cm³/mol. The van der Waals surface area contributed by atoms with Crippen LogP contribution in [0.1, 0.15) is 44.5 Å². The zero-order valence-corrected chi connectivity index (χ0v) is 19.3. The minimum Gasteiger partial charge on any atom is -0.308 e. The van der Waals surface area contributed by atoms with E-state index in [0.717, 1.165) is 25.7 Å². The van der Waals surface area contributed by atoms with E-state index in [0.29, 0.717) is 0 Å². The molecular weight excluding hydrogens is 424 g/mol. The van der Waals surface area contributed by atoms with Gasteiger partial charge in [0.25, 0.3) is 0 Å². The van der Waals surface area contributed by atoms with Gasteiger partial charge in [-0.05, 0) is 91.7 Å². The molecule has 0 spiro atoms. The molecule has 0 atom stereocenters. The first-order chi connectivity index (χ1) is 17.3. The average molecular weight is 447 g/mol. The molecule has 0 saturated carbocycles. The quantitative estimate of drug-likeness (QED) is 0.240. The van der Waals surface area contributed by atoms with Gasteiger partial charge >= 0.3 is 0 Å². The van der Waals surface area contributed by atoms with Gasteiger partial charge in [0.05, 0.1) is 17.6 Å². The molecule has 9 rings (SSSR count). The van der Waals surface area contributed by atoms with Gasteiger partial charge in [0, 0.05) is 24.7 Å². The summed E-state index contributed by atoms with van der Waals surface area (Å²) in [6.07, 6.45) is 8.04. The Hall–Kier alpha value is -4.17. The van der Waals surface area contributed by atoms with Gasteiger partial charge in [-0.15, -0.1) is 0 Å². The van der Waals surface area contributed by atoms with Gasteiger partial charge in [0.1, 0.15) is 0 Å². The second-order valence-electron chi connectivity index (χ2n) is 10.4. The number of hydrogen-bond donors (Lipinski definition) is 0. The fourth-order valence-corrected chi connectivity index (χ4v) is 7.23. The number of aromatic nitrogens is 1. The van der Waals surface area contributed by atoms with Crippen molar-refractivity contribution < 1.29 is 0 Å². The van der Waals surface area contributed by atoms with E-state index in [-0.39, 0.29) is 0 Å². The van der Waals surface area contributed by atoms with Crippen LogP contribution in [0, 0.1) is 0 Å². The summed E-state index contributed by atoms with van der Waals surface area (Å²) in [5.41, 5.74) is 21.5. The standard InChI is InChI=1S/C33H22N2/c1-3-7-25-19(5-1)16-27-26(25)10-9-22-14-23-15-24-13-21-11-12-34-18-30(21)35-29-8-4-2-6-20(29)17-28(33(24)35)32(23)31(22)27/h1-12,15,18H,13-14,16-17H2. The Bertz CT molecular complexity index is 1750. The summed E-state index contributed by atoms with van der Waals surface area (Å²) in [6.45, 7) is 0. The maximum Gasteiger partial charge on any atom is 0.0680 e. The largest absolute Gasteiger partial charge is 0.308 e. The van der Waals surface area contributed by atoms with Crippen LogP contribution in [0.2, 0.25) is 0 Å². The van der Waals surface area contributed by atoms with Crippen molar-refractivity contribution in [1.82, 2.24) is 4.98 Å². The second-order valence-corrected chi connectivity index (χ2v) is 10.4. The van der Waals surface area contributed by atoms with Crippen molar-refractivity contribution >= 4 is 17.1 Å². The highest BCUT2D eigenvalue weighted by atomic mass is 15.2. The average Bonchev–Trinajstić information content (AvgIpc) is 3.46. The number of fused-ring (bicyclic) bond motifs is 12. The lowest BCUT2D eigenvalue weighted by molar-refractivity contribution is 0.997. The third-order valence-electron chi connectivity index (χ3n) is 8.60. The summed E-state index contributed by atoms with van der Waals surface area (Å²) in [6, 6.07) is 27.4. The molecule has 0 bridgehead atoms. The van der Waals surface area contributed by atoms with Crippen molar-refractivity contribution in [3.05, 3.63) is 130 Å². The Kier molecular flexibility index (Phi) is 3.27. The van der Waals surface area contributed by atoms with Crippen LogP contribution in [0.3, 0.4) is 0 Å². The molecule has 0 radical (unpaired) electrons. The lowest BCUT2D eigenvalue weighted by Gasteiger charge is -2.40. The van der Waals surface area contributed by atoms with Gasteiger partial charge in [0.2, 0.25) is 0 Å². The van der Waals surface area contributed by atoms with Gasteiger partial charge in [-0.2, -0.15) is 0 Å². The maximum absolute atomic E-state index is 4.53. The lowest BCUT2D eigenvalue weighted by atomic mass is 9.81. The molecule has 4 aliphatic rings. The summed E-state index contributed by atoms with van der Waals surface area (Å²) in [7, 11) is 0. The van der Waals surface area contributed by atoms with Crippen LogP contribution in [-0.2, 0) is 25.7 Å². The molecule has 0 N–H and O–H groups in total. The topological polar surface area (TPSA) is 16.1 Å². The number of anilines is 3. The molecule has 0 saturated heterocycles. The lowest BCUT2D eigenvalue weighted by Crippen LogP contribution is -2.25. The van der Waals surface area contributed by atoms with Crippen molar-refractivity contribution in [3.63, 3.8) is 0 Å². The van der Waals surface area contributed by atoms with Crippen LogP contribution >= 0.6 is 0 Å². The first kappa shape index (κ1) is 18.2. The monoisotopic (exact) mass is 446 g/mol. The predicted octanol–water partition coefficient (Wildman–Crippen LogP) is 7.50. The molecule has 2 heteroatoms. The van der Waals surface area contributed by atoms with Crippen molar-refractivity contribution in [1.29, 1.82) is 0 Å². The summed E-state index contributed by atoms with van der Waals surface area (Å²) < 4.78 is 0. The molecular formula is C33H22N2. The van der Waals surface area contributed by atoms with E-state index in [1.807, 2.05) is 6.20 Å². The Morgan fingerprint density at radius 1 is 0.543 bits per heavy atom. The molecule has 2 nitrogen and oxygen atoms in total. The summed E-state index contributed by atoms with van der Waals surface area (Å²) in [5, 5.41) is 0. The number of hydrogen-bond acceptors (Lipinski definition) is 2. The molecule has 2 aliphatic carbocycles. The van der Waals surface area contributed by atoms with Crippen molar-refractivity contribution in [2.75, 3.05) is 4.90 Å². The molecule has 0 unspecified atom stereocenters. The van der Waals surface area contributed by atoms with Crippen molar-refractivity contribution in [2.45, 2.75) is 25.7 Å². The van der Waals surface area contributed by atoms with Gasteiger partial charge in [0.15, 0.2) is 0 Å². The Labute approximate surface area is 204 Å². The van der Waals surface area contributed by atoms with Gasteiger partial charge in [-0.1, -0.05) is 60.7 Å². The van der Waals surface area contributed by atoms with Crippen molar-refractivity contribution in [3.8, 4) is 22.3 Å². The van der Waals surface area contributed by atoms with Crippen LogP contribution in [-0.4, -0.2) is 4.98 Å². The zero-order chi connectivity index (χ0) is 22.7. The van der Waals surface area contributed by atoms with Gasteiger partial charge in [-0.25, -0.2) is 0 Å². The summed E-state index contributed by atoms with van der Waals surface area (Å²) in [4.78, 5) is 7.04. The van der Waals surface area contributed by atoms with E-state index >= 15 is 0 Å². The van der Waals surface area contributed by atoms with Gasteiger partial charge in [-0.3, -0.25) is 4.98 Å². The summed E-state index contributed by atoms with van der Waals surface area (Å²) in [5.74, 6) is 0. The van der Waals surface area contributed by atoms with E-state index in [1.165, 1.54) is 83.8 Å². The number of benzene rings is 4. The minimum atomic E-state index is 0.978. The number of rotatable bonds is 0. The molecule has 5 aromatic rings. The van der Waals surface area contributed by atoms with Crippen LogP contribution in [0.4, 0.5) is 17.1 Å². The number of para-hydroxylation sites is 1.